The predicted molar refractivity (Wildman–Crippen MR) is 76.3 cm³/mol. The van der Waals surface area contributed by atoms with Crippen LogP contribution in [0, 0.1) is 0 Å². The standard InChI is InChI=1S/C13H17ClF3N3O2/c1-8(20(2)3)5-18-11(21)9-4-10(14)12(19-6-9)22-7-13(15,16)17/h4,6,8H,5,7H2,1-3H3,(H,18,21)/t8-/m1/s1. The maximum atomic E-state index is 12.1. The number of rotatable bonds is 6. The summed E-state index contributed by atoms with van der Waals surface area (Å²) in [4.78, 5) is 17.5. The topological polar surface area (TPSA) is 54.5 Å². The van der Waals surface area contributed by atoms with Gasteiger partial charge < -0.3 is 15.0 Å². The van der Waals surface area contributed by atoms with Crippen LogP contribution < -0.4 is 10.1 Å². The van der Waals surface area contributed by atoms with Crippen LogP contribution in [0.3, 0.4) is 0 Å². The van der Waals surface area contributed by atoms with Crippen molar-refractivity contribution in [2.45, 2.75) is 19.1 Å². The fourth-order valence-corrected chi connectivity index (χ4v) is 1.55. The van der Waals surface area contributed by atoms with E-state index in [1.165, 1.54) is 6.07 Å². The van der Waals surface area contributed by atoms with Crippen LogP contribution in [0.5, 0.6) is 5.88 Å². The highest BCUT2D eigenvalue weighted by molar-refractivity contribution is 6.32. The number of ether oxygens (including phenoxy) is 1. The highest BCUT2D eigenvalue weighted by Crippen LogP contribution is 2.24. The van der Waals surface area contributed by atoms with Gasteiger partial charge in [0.25, 0.3) is 5.91 Å². The quantitative estimate of drug-likeness (QED) is 0.864. The summed E-state index contributed by atoms with van der Waals surface area (Å²) < 4.78 is 40.6. The Morgan fingerprint density at radius 3 is 2.64 bits per heavy atom. The van der Waals surface area contributed by atoms with Gasteiger partial charge in [-0.2, -0.15) is 13.2 Å². The number of likely N-dealkylation sites (N-methyl/N-ethyl adjacent to an activating group) is 1. The molecular formula is C13H17ClF3N3O2. The summed E-state index contributed by atoms with van der Waals surface area (Å²) in [6.45, 7) is 0.848. The van der Waals surface area contributed by atoms with Crippen LogP contribution in [0.15, 0.2) is 12.3 Å². The lowest BCUT2D eigenvalue weighted by atomic mass is 10.2. The molecule has 0 unspecified atom stereocenters. The fraction of sp³-hybridized carbons (Fsp3) is 0.538. The molecule has 1 aromatic rings. The van der Waals surface area contributed by atoms with E-state index in [1.807, 2.05) is 25.9 Å². The monoisotopic (exact) mass is 339 g/mol. The normalized spacial score (nSPS) is 13.1. The number of alkyl halides is 3. The smallest absolute Gasteiger partial charge is 0.422 e. The maximum Gasteiger partial charge on any atom is 0.422 e. The van der Waals surface area contributed by atoms with Crippen molar-refractivity contribution in [1.82, 2.24) is 15.2 Å². The molecule has 0 bridgehead atoms. The van der Waals surface area contributed by atoms with Crippen molar-refractivity contribution in [3.8, 4) is 5.88 Å². The van der Waals surface area contributed by atoms with Gasteiger partial charge in [0.05, 0.1) is 5.56 Å². The van der Waals surface area contributed by atoms with Crippen LogP contribution in [0.25, 0.3) is 0 Å². The Hall–Kier alpha value is -1.54. The van der Waals surface area contributed by atoms with Crippen molar-refractivity contribution in [3.63, 3.8) is 0 Å². The SMILES string of the molecule is C[C@H](CNC(=O)c1cnc(OCC(F)(F)F)c(Cl)c1)N(C)C. The number of hydrogen-bond acceptors (Lipinski definition) is 4. The minimum atomic E-state index is -4.48. The number of hydrogen-bond donors (Lipinski definition) is 1. The van der Waals surface area contributed by atoms with E-state index in [1.54, 1.807) is 0 Å². The fourth-order valence-electron chi connectivity index (χ4n) is 1.33. The van der Waals surface area contributed by atoms with Gasteiger partial charge in [-0.25, -0.2) is 4.98 Å². The molecule has 1 rings (SSSR count). The third kappa shape index (κ3) is 6.07. The predicted octanol–water partition coefficient (Wildman–Crippen LogP) is 2.36. The first-order valence-electron chi connectivity index (χ1n) is 6.40. The molecule has 0 aliphatic heterocycles. The number of amides is 1. The summed E-state index contributed by atoms with van der Waals surface area (Å²) in [6.07, 6.45) is -3.36. The van der Waals surface area contributed by atoms with Crippen LogP contribution in [-0.4, -0.2) is 55.3 Å². The second kappa shape index (κ2) is 7.64. The van der Waals surface area contributed by atoms with Gasteiger partial charge in [0.2, 0.25) is 5.88 Å². The van der Waals surface area contributed by atoms with E-state index < -0.39 is 18.7 Å². The number of carbonyl (C=O) groups is 1. The minimum absolute atomic E-state index is 0.127. The van der Waals surface area contributed by atoms with Gasteiger partial charge in [-0.05, 0) is 27.1 Å². The molecule has 0 aliphatic carbocycles. The largest absolute Gasteiger partial charge is 0.467 e. The van der Waals surface area contributed by atoms with Crippen LogP contribution in [-0.2, 0) is 0 Å². The molecule has 0 aliphatic rings. The molecule has 0 radical (unpaired) electrons. The van der Waals surface area contributed by atoms with E-state index in [4.69, 9.17) is 11.6 Å². The lowest BCUT2D eigenvalue weighted by Crippen LogP contribution is -2.38. The molecule has 1 N–H and O–H groups in total. The summed E-state index contributed by atoms with van der Waals surface area (Å²) in [5.74, 6) is -0.775. The van der Waals surface area contributed by atoms with Crippen LogP contribution >= 0.6 is 11.6 Å². The van der Waals surface area contributed by atoms with Gasteiger partial charge in [0, 0.05) is 18.8 Å². The van der Waals surface area contributed by atoms with Crippen LogP contribution in [0.2, 0.25) is 5.02 Å². The second-order valence-corrected chi connectivity index (χ2v) is 5.34. The van der Waals surface area contributed by atoms with E-state index >= 15 is 0 Å². The van der Waals surface area contributed by atoms with Gasteiger partial charge in [0.1, 0.15) is 5.02 Å². The Labute approximate surface area is 131 Å². The van der Waals surface area contributed by atoms with Crippen molar-refractivity contribution in [1.29, 1.82) is 0 Å². The molecule has 0 fully saturated rings. The van der Waals surface area contributed by atoms with Gasteiger partial charge in [-0.3, -0.25) is 4.79 Å². The number of nitrogens with one attached hydrogen (secondary N) is 1. The van der Waals surface area contributed by atoms with Gasteiger partial charge in [-0.1, -0.05) is 11.6 Å². The molecule has 0 spiro atoms. The number of aromatic nitrogens is 1. The highest BCUT2D eigenvalue weighted by Gasteiger charge is 2.29. The van der Waals surface area contributed by atoms with Crippen molar-refractivity contribution < 1.29 is 22.7 Å². The Kier molecular flexibility index (Phi) is 6.43. The van der Waals surface area contributed by atoms with E-state index in [0.29, 0.717) is 6.54 Å². The third-order valence-electron chi connectivity index (χ3n) is 2.88. The van der Waals surface area contributed by atoms with Crippen LogP contribution in [0.4, 0.5) is 13.2 Å². The number of nitrogens with zero attached hydrogens (tertiary/aromatic N) is 2. The molecular weight excluding hydrogens is 323 g/mol. The van der Waals surface area contributed by atoms with E-state index in [-0.39, 0.29) is 22.5 Å². The molecule has 1 amide bonds. The molecule has 0 aromatic carbocycles. The second-order valence-electron chi connectivity index (χ2n) is 4.94. The lowest BCUT2D eigenvalue weighted by Gasteiger charge is -2.20. The average molecular weight is 340 g/mol. The zero-order valence-electron chi connectivity index (χ0n) is 12.4. The minimum Gasteiger partial charge on any atom is -0.467 e. The summed E-state index contributed by atoms with van der Waals surface area (Å²) in [5.41, 5.74) is 0.148. The van der Waals surface area contributed by atoms with Gasteiger partial charge >= 0.3 is 6.18 Å². The lowest BCUT2D eigenvalue weighted by molar-refractivity contribution is -0.154. The van der Waals surface area contributed by atoms with Gasteiger partial charge in [-0.15, -0.1) is 0 Å². The summed E-state index contributed by atoms with van der Waals surface area (Å²) >= 11 is 5.77. The van der Waals surface area contributed by atoms with Crippen molar-refractivity contribution in [3.05, 3.63) is 22.8 Å². The molecule has 0 saturated carbocycles. The first-order chi connectivity index (χ1) is 10.1. The molecule has 0 saturated heterocycles. The molecule has 5 nitrogen and oxygen atoms in total. The Bertz CT molecular complexity index is 524. The van der Waals surface area contributed by atoms with E-state index in [9.17, 15) is 18.0 Å². The number of carbonyl (C=O) groups excluding carboxylic acids is 1. The maximum absolute atomic E-state index is 12.1. The molecule has 22 heavy (non-hydrogen) atoms. The molecule has 1 aromatic heterocycles. The molecule has 1 atom stereocenters. The molecule has 9 heteroatoms. The molecule has 1 heterocycles. The summed E-state index contributed by atoms with van der Waals surface area (Å²) in [7, 11) is 3.75. The van der Waals surface area contributed by atoms with E-state index in [0.717, 1.165) is 6.20 Å². The Morgan fingerprint density at radius 2 is 2.14 bits per heavy atom. The van der Waals surface area contributed by atoms with Crippen molar-refractivity contribution >= 4 is 17.5 Å². The molecule has 124 valence electrons. The van der Waals surface area contributed by atoms with Crippen molar-refractivity contribution in [2.24, 2.45) is 0 Å². The first-order valence-corrected chi connectivity index (χ1v) is 6.77. The van der Waals surface area contributed by atoms with Crippen molar-refractivity contribution in [2.75, 3.05) is 27.2 Å². The number of pyridine rings is 1. The van der Waals surface area contributed by atoms with Gasteiger partial charge in [0.15, 0.2) is 6.61 Å². The average Bonchev–Trinajstić information content (AvgIpc) is 2.41. The zero-order chi connectivity index (χ0) is 16.9. The first kappa shape index (κ1) is 18.5. The van der Waals surface area contributed by atoms with Crippen LogP contribution in [0.1, 0.15) is 17.3 Å². The zero-order valence-corrected chi connectivity index (χ0v) is 13.1. The van der Waals surface area contributed by atoms with E-state index in [2.05, 4.69) is 15.0 Å². The third-order valence-corrected chi connectivity index (χ3v) is 3.15. The Morgan fingerprint density at radius 1 is 1.50 bits per heavy atom. The highest BCUT2D eigenvalue weighted by atomic mass is 35.5. The Balaban J connectivity index is 2.66. The summed E-state index contributed by atoms with van der Waals surface area (Å²) in [5, 5.41) is 2.53. The summed E-state index contributed by atoms with van der Waals surface area (Å²) in [6, 6.07) is 1.34. The number of halogens is 4.